The van der Waals surface area contributed by atoms with E-state index in [0.717, 1.165) is 5.56 Å². The van der Waals surface area contributed by atoms with Crippen LogP contribution in [-0.2, 0) is 9.47 Å². The average molecular weight is 286 g/mol. The zero-order valence-electron chi connectivity index (χ0n) is 11.4. The maximum Gasteiger partial charge on any atom is 0.516 e. The second kappa shape index (κ2) is 7.09. The van der Waals surface area contributed by atoms with Crippen LogP contribution in [0.3, 0.4) is 0 Å². The first-order valence-electron chi connectivity index (χ1n) is 6.28. The van der Waals surface area contributed by atoms with Gasteiger partial charge < -0.3 is 14.2 Å². The van der Waals surface area contributed by atoms with E-state index in [0.29, 0.717) is 11.3 Å². The third kappa shape index (κ3) is 4.65. The number of benzene rings is 2. The minimum Gasteiger partial charge on any atom is -0.424 e. The fraction of sp³-hybridized carbons (Fsp3) is 0.125. The molecule has 0 aliphatic rings. The fourth-order valence-electron chi connectivity index (χ4n) is 1.52. The lowest BCUT2D eigenvalue weighted by Gasteiger charge is -2.07. The Balaban J connectivity index is 1.74. The average Bonchev–Trinajstić information content (AvgIpc) is 2.50. The molecule has 0 radical (unpaired) electrons. The molecule has 0 bridgehead atoms. The minimum absolute atomic E-state index is 0.361. The van der Waals surface area contributed by atoms with Crippen molar-refractivity contribution in [1.82, 2.24) is 0 Å². The third-order valence-corrected chi connectivity index (χ3v) is 2.60. The molecule has 2 aromatic rings. The molecule has 21 heavy (non-hydrogen) atoms. The van der Waals surface area contributed by atoms with Crippen molar-refractivity contribution in [3.63, 3.8) is 0 Å². The summed E-state index contributed by atoms with van der Waals surface area (Å²) in [6, 6.07) is 15.3. The lowest BCUT2D eigenvalue weighted by atomic mass is 10.2. The van der Waals surface area contributed by atoms with Gasteiger partial charge in [0.25, 0.3) is 0 Å². The third-order valence-electron chi connectivity index (χ3n) is 2.60. The molecule has 0 spiro atoms. The van der Waals surface area contributed by atoms with E-state index in [1.165, 1.54) is 0 Å². The molecular formula is C16H14O5. The molecule has 108 valence electrons. The summed E-state index contributed by atoms with van der Waals surface area (Å²) in [6.45, 7) is 1.42. The van der Waals surface area contributed by atoms with Gasteiger partial charge in [0, 0.05) is 0 Å². The van der Waals surface area contributed by atoms with Crippen LogP contribution in [0.15, 0.2) is 54.6 Å². The lowest BCUT2D eigenvalue weighted by Crippen LogP contribution is -2.15. The fourth-order valence-corrected chi connectivity index (χ4v) is 1.52. The predicted molar refractivity (Wildman–Crippen MR) is 75.0 cm³/mol. The Kier molecular flexibility index (Phi) is 4.93. The van der Waals surface area contributed by atoms with Crippen molar-refractivity contribution in [3.8, 4) is 5.75 Å². The van der Waals surface area contributed by atoms with Gasteiger partial charge in [0.15, 0.2) is 0 Å². The summed E-state index contributed by atoms with van der Waals surface area (Å²) in [4.78, 5) is 22.9. The molecule has 0 atom stereocenters. The summed E-state index contributed by atoms with van der Waals surface area (Å²) in [5.74, 6) is -0.210. The van der Waals surface area contributed by atoms with Gasteiger partial charge in [-0.05, 0) is 31.2 Å². The maximum absolute atomic E-state index is 11.6. The van der Waals surface area contributed by atoms with Crippen molar-refractivity contribution in [2.24, 2.45) is 0 Å². The lowest BCUT2D eigenvalue weighted by molar-refractivity contribution is -0.0142. The summed E-state index contributed by atoms with van der Waals surface area (Å²) in [7, 11) is 0. The second-order valence-electron chi connectivity index (χ2n) is 4.23. The van der Waals surface area contributed by atoms with Crippen LogP contribution in [0.5, 0.6) is 5.75 Å². The number of esters is 1. The van der Waals surface area contributed by atoms with Gasteiger partial charge in [0.05, 0.1) is 5.56 Å². The SMILES string of the molecule is Cc1ccc(OC(=O)OCOC(=O)c2ccccc2)cc1. The first kappa shape index (κ1) is 14.6. The summed E-state index contributed by atoms with van der Waals surface area (Å²) < 4.78 is 14.4. The number of hydrogen-bond donors (Lipinski definition) is 0. The summed E-state index contributed by atoms with van der Waals surface area (Å²) in [5.41, 5.74) is 1.43. The molecule has 0 heterocycles. The van der Waals surface area contributed by atoms with E-state index in [1.807, 2.05) is 6.92 Å². The molecule has 5 heteroatoms. The van der Waals surface area contributed by atoms with Crippen LogP contribution in [0, 0.1) is 6.92 Å². The highest BCUT2D eigenvalue weighted by Gasteiger charge is 2.09. The number of rotatable bonds is 4. The van der Waals surface area contributed by atoms with Crippen LogP contribution < -0.4 is 4.74 Å². The largest absolute Gasteiger partial charge is 0.516 e. The zero-order valence-corrected chi connectivity index (χ0v) is 11.4. The van der Waals surface area contributed by atoms with Gasteiger partial charge in [0.1, 0.15) is 5.75 Å². The van der Waals surface area contributed by atoms with E-state index in [9.17, 15) is 9.59 Å². The number of hydrogen-bond acceptors (Lipinski definition) is 5. The molecule has 2 aromatic carbocycles. The summed E-state index contributed by atoms with van der Waals surface area (Å²) in [6.07, 6.45) is -0.931. The molecule has 0 fully saturated rings. The number of carbonyl (C=O) groups is 2. The van der Waals surface area contributed by atoms with Crippen LogP contribution in [0.4, 0.5) is 4.79 Å². The zero-order chi connectivity index (χ0) is 15.1. The Morgan fingerprint density at radius 3 is 2.24 bits per heavy atom. The number of ether oxygens (including phenoxy) is 3. The quantitative estimate of drug-likeness (QED) is 0.490. The Morgan fingerprint density at radius 1 is 0.905 bits per heavy atom. The van der Waals surface area contributed by atoms with Gasteiger partial charge in [-0.1, -0.05) is 35.9 Å². The highest BCUT2D eigenvalue weighted by Crippen LogP contribution is 2.12. The van der Waals surface area contributed by atoms with Crippen molar-refractivity contribution >= 4 is 12.1 Å². The van der Waals surface area contributed by atoms with Crippen LogP contribution >= 0.6 is 0 Å². The van der Waals surface area contributed by atoms with E-state index in [-0.39, 0.29) is 0 Å². The molecule has 0 aliphatic heterocycles. The second-order valence-corrected chi connectivity index (χ2v) is 4.23. The van der Waals surface area contributed by atoms with Gasteiger partial charge in [0.2, 0.25) is 6.79 Å². The van der Waals surface area contributed by atoms with E-state index >= 15 is 0 Å². The molecule has 5 nitrogen and oxygen atoms in total. The van der Waals surface area contributed by atoms with Gasteiger partial charge in [-0.2, -0.15) is 0 Å². The van der Waals surface area contributed by atoms with E-state index in [4.69, 9.17) is 9.47 Å². The molecule has 0 saturated carbocycles. The molecule has 0 aromatic heterocycles. The molecule has 0 aliphatic carbocycles. The van der Waals surface area contributed by atoms with Crippen molar-refractivity contribution in [1.29, 1.82) is 0 Å². The van der Waals surface area contributed by atoms with Crippen molar-refractivity contribution in [2.45, 2.75) is 6.92 Å². The first-order valence-corrected chi connectivity index (χ1v) is 6.28. The number of carbonyl (C=O) groups excluding carboxylic acids is 2. The first-order chi connectivity index (χ1) is 10.1. The smallest absolute Gasteiger partial charge is 0.424 e. The highest BCUT2D eigenvalue weighted by molar-refractivity contribution is 5.89. The van der Waals surface area contributed by atoms with E-state index in [2.05, 4.69) is 4.74 Å². The Bertz CT molecular complexity index is 604. The van der Waals surface area contributed by atoms with Gasteiger partial charge >= 0.3 is 12.1 Å². The summed E-state index contributed by atoms with van der Waals surface area (Å²) in [5, 5.41) is 0. The van der Waals surface area contributed by atoms with Crippen LogP contribution in [0.25, 0.3) is 0 Å². The summed E-state index contributed by atoms with van der Waals surface area (Å²) >= 11 is 0. The molecule has 0 amide bonds. The van der Waals surface area contributed by atoms with Gasteiger partial charge in [-0.15, -0.1) is 0 Å². The Labute approximate surface area is 122 Å². The van der Waals surface area contributed by atoms with Crippen LogP contribution in [0.2, 0.25) is 0 Å². The van der Waals surface area contributed by atoms with Crippen molar-refractivity contribution in [3.05, 3.63) is 65.7 Å². The standard InChI is InChI=1S/C16H14O5/c1-12-7-9-14(10-8-12)21-16(18)20-11-19-15(17)13-5-3-2-4-6-13/h2-10H,11H2,1H3. The Morgan fingerprint density at radius 2 is 1.57 bits per heavy atom. The van der Waals surface area contributed by atoms with Gasteiger partial charge in [-0.3, -0.25) is 0 Å². The van der Waals surface area contributed by atoms with Gasteiger partial charge in [-0.25, -0.2) is 9.59 Å². The predicted octanol–water partition coefficient (Wildman–Crippen LogP) is 3.32. The maximum atomic E-state index is 11.6. The molecule has 0 saturated heterocycles. The Hall–Kier alpha value is -2.82. The molecular weight excluding hydrogens is 272 g/mol. The van der Waals surface area contributed by atoms with Crippen molar-refractivity contribution in [2.75, 3.05) is 6.79 Å². The molecule has 0 N–H and O–H groups in total. The minimum atomic E-state index is -0.931. The topological polar surface area (TPSA) is 61.8 Å². The van der Waals surface area contributed by atoms with Crippen LogP contribution in [-0.4, -0.2) is 18.9 Å². The molecule has 0 unspecified atom stereocenters. The highest BCUT2D eigenvalue weighted by atomic mass is 16.8. The van der Waals surface area contributed by atoms with E-state index < -0.39 is 18.9 Å². The number of aryl methyl sites for hydroxylation is 1. The molecule has 2 rings (SSSR count). The monoisotopic (exact) mass is 286 g/mol. The van der Waals surface area contributed by atoms with E-state index in [1.54, 1.807) is 54.6 Å². The van der Waals surface area contributed by atoms with Crippen molar-refractivity contribution < 1.29 is 23.8 Å². The normalized spacial score (nSPS) is 9.76. The van der Waals surface area contributed by atoms with Crippen LogP contribution in [0.1, 0.15) is 15.9 Å².